The third-order valence-corrected chi connectivity index (χ3v) is 3.83. The molecule has 0 spiro atoms. The van der Waals surface area contributed by atoms with E-state index in [0.717, 1.165) is 50.9 Å². The summed E-state index contributed by atoms with van der Waals surface area (Å²) >= 11 is 0. The number of nitrogens with zero attached hydrogens (tertiary/aromatic N) is 1. The van der Waals surface area contributed by atoms with Crippen LogP contribution in [0.4, 0.5) is 23.7 Å². The Morgan fingerprint density at radius 3 is 2.44 bits per heavy atom. The maximum Gasteiger partial charge on any atom is 0.573 e. The number of hydrogen-bond donors (Lipinski definition) is 2. The maximum atomic E-state index is 12.1. The highest BCUT2D eigenvalue weighted by molar-refractivity contribution is 5.89. The van der Waals surface area contributed by atoms with Crippen LogP contribution in [0.15, 0.2) is 24.3 Å². The van der Waals surface area contributed by atoms with Crippen LogP contribution in [0.5, 0.6) is 5.75 Å². The van der Waals surface area contributed by atoms with E-state index in [1.165, 1.54) is 12.1 Å². The molecule has 2 N–H and O–H groups in total. The average molecular weight is 359 g/mol. The Morgan fingerprint density at radius 1 is 1.24 bits per heavy atom. The minimum Gasteiger partial charge on any atom is -0.406 e. The van der Waals surface area contributed by atoms with Crippen molar-refractivity contribution in [2.24, 2.45) is 0 Å². The van der Waals surface area contributed by atoms with Crippen molar-refractivity contribution >= 4 is 18.0 Å². The van der Waals surface area contributed by atoms with Gasteiger partial charge in [-0.2, -0.15) is 0 Å². The average Bonchev–Trinajstić information content (AvgIpc) is 2.55. The van der Waals surface area contributed by atoms with E-state index in [4.69, 9.17) is 0 Å². The van der Waals surface area contributed by atoms with Crippen LogP contribution in [0.3, 0.4) is 0 Å². The highest BCUT2D eigenvalue weighted by Gasteiger charge is 2.31. The number of alkyl halides is 3. The monoisotopic (exact) mass is 359 g/mol. The first kappa shape index (κ1) is 19.0. The molecule has 138 valence electrons. The summed E-state index contributed by atoms with van der Waals surface area (Å²) in [5, 5.41) is 5.42. The van der Waals surface area contributed by atoms with E-state index in [1.807, 2.05) is 0 Å². The van der Waals surface area contributed by atoms with Crippen LogP contribution in [0.1, 0.15) is 19.3 Å². The fraction of sp³-hybridized carbons (Fsp3) is 0.500. The van der Waals surface area contributed by atoms with Crippen LogP contribution >= 0.6 is 0 Å². The molecule has 0 atom stereocenters. The molecule has 1 aliphatic rings. The molecular weight excluding hydrogens is 339 g/mol. The third-order valence-electron chi connectivity index (χ3n) is 3.83. The SMILES string of the molecule is O=CCCN1CCC(NC(=O)Nc2ccc(OC(F)(F)F)cc2)CC1. The molecule has 25 heavy (non-hydrogen) atoms. The van der Waals surface area contributed by atoms with Gasteiger partial charge >= 0.3 is 12.4 Å². The smallest absolute Gasteiger partial charge is 0.406 e. The molecule has 1 aromatic rings. The molecule has 1 fully saturated rings. The molecule has 2 rings (SSSR count). The number of urea groups is 1. The summed E-state index contributed by atoms with van der Waals surface area (Å²) in [5.74, 6) is -0.346. The van der Waals surface area contributed by atoms with Gasteiger partial charge in [-0.05, 0) is 37.1 Å². The number of aldehydes is 1. The van der Waals surface area contributed by atoms with Gasteiger partial charge in [-0.15, -0.1) is 13.2 Å². The van der Waals surface area contributed by atoms with Gasteiger partial charge in [-0.1, -0.05) is 0 Å². The Kier molecular flexibility index (Phi) is 6.63. The molecule has 0 saturated carbocycles. The number of likely N-dealkylation sites (tertiary alicyclic amines) is 1. The van der Waals surface area contributed by atoms with Gasteiger partial charge in [0.1, 0.15) is 12.0 Å². The molecule has 0 radical (unpaired) electrons. The van der Waals surface area contributed by atoms with Crippen LogP contribution < -0.4 is 15.4 Å². The van der Waals surface area contributed by atoms with Crippen molar-refractivity contribution in [2.45, 2.75) is 31.7 Å². The Morgan fingerprint density at radius 2 is 1.88 bits per heavy atom. The maximum absolute atomic E-state index is 12.1. The number of ether oxygens (including phenoxy) is 1. The first-order valence-electron chi connectivity index (χ1n) is 7.95. The quantitative estimate of drug-likeness (QED) is 0.767. The van der Waals surface area contributed by atoms with E-state index in [9.17, 15) is 22.8 Å². The van der Waals surface area contributed by atoms with Crippen LogP contribution in [0.2, 0.25) is 0 Å². The van der Waals surface area contributed by atoms with Crippen LogP contribution in [0.25, 0.3) is 0 Å². The van der Waals surface area contributed by atoms with Gasteiger partial charge < -0.3 is 25.1 Å². The molecule has 2 amide bonds. The number of benzene rings is 1. The molecule has 0 aliphatic carbocycles. The van der Waals surface area contributed by atoms with E-state index in [0.29, 0.717) is 12.1 Å². The summed E-state index contributed by atoms with van der Waals surface area (Å²) in [4.78, 5) is 24.5. The minimum atomic E-state index is -4.74. The van der Waals surface area contributed by atoms with Crippen molar-refractivity contribution in [3.8, 4) is 5.75 Å². The molecule has 1 aromatic carbocycles. The first-order valence-corrected chi connectivity index (χ1v) is 7.95. The standard InChI is InChI=1S/C16H20F3N3O3/c17-16(18,19)25-14-4-2-12(3-5-14)20-15(24)21-13-6-9-22(10-7-13)8-1-11-23/h2-5,11,13H,1,6-10H2,(H2,20,21,24). The Bertz CT molecular complexity index is 570. The third kappa shape index (κ3) is 7.00. The van der Waals surface area contributed by atoms with E-state index in [2.05, 4.69) is 20.3 Å². The molecule has 0 bridgehead atoms. The Balaban J connectivity index is 1.74. The molecule has 0 aromatic heterocycles. The summed E-state index contributed by atoms with van der Waals surface area (Å²) < 4.78 is 40.0. The summed E-state index contributed by atoms with van der Waals surface area (Å²) in [6.07, 6.45) is -1.78. The second kappa shape index (κ2) is 8.70. The lowest BCUT2D eigenvalue weighted by Crippen LogP contribution is -2.46. The summed E-state index contributed by atoms with van der Waals surface area (Å²) in [5.41, 5.74) is 0.371. The lowest BCUT2D eigenvalue weighted by Gasteiger charge is -2.31. The van der Waals surface area contributed by atoms with Crippen LogP contribution in [-0.4, -0.2) is 49.3 Å². The summed E-state index contributed by atoms with van der Waals surface area (Å²) in [6.45, 7) is 2.35. The number of halogens is 3. The van der Waals surface area contributed by atoms with E-state index in [1.54, 1.807) is 0 Å². The lowest BCUT2D eigenvalue weighted by atomic mass is 10.1. The fourth-order valence-electron chi connectivity index (χ4n) is 2.63. The van der Waals surface area contributed by atoms with Crippen molar-refractivity contribution in [3.63, 3.8) is 0 Å². The van der Waals surface area contributed by atoms with Crippen molar-refractivity contribution in [1.82, 2.24) is 10.2 Å². The number of piperidine rings is 1. The zero-order valence-corrected chi connectivity index (χ0v) is 13.5. The van der Waals surface area contributed by atoms with Gasteiger partial charge in [0.25, 0.3) is 0 Å². The fourth-order valence-corrected chi connectivity index (χ4v) is 2.63. The summed E-state index contributed by atoms with van der Waals surface area (Å²) in [6, 6.07) is 4.56. The van der Waals surface area contributed by atoms with E-state index < -0.39 is 12.4 Å². The van der Waals surface area contributed by atoms with Gasteiger partial charge in [0, 0.05) is 37.8 Å². The molecule has 1 aliphatic heterocycles. The van der Waals surface area contributed by atoms with Crippen molar-refractivity contribution in [2.75, 3.05) is 25.0 Å². The number of carbonyl (C=O) groups excluding carboxylic acids is 2. The zero-order chi connectivity index (χ0) is 18.3. The Labute approximate surface area is 143 Å². The first-order chi connectivity index (χ1) is 11.9. The minimum absolute atomic E-state index is 0.0281. The molecule has 1 heterocycles. The van der Waals surface area contributed by atoms with Crippen LogP contribution in [0, 0.1) is 0 Å². The predicted octanol–water partition coefficient (Wildman–Crippen LogP) is 2.76. The van der Waals surface area contributed by atoms with Crippen molar-refractivity contribution in [1.29, 1.82) is 0 Å². The van der Waals surface area contributed by atoms with E-state index in [-0.39, 0.29) is 11.8 Å². The highest BCUT2D eigenvalue weighted by atomic mass is 19.4. The van der Waals surface area contributed by atoms with E-state index >= 15 is 0 Å². The topological polar surface area (TPSA) is 70.7 Å². The van der Waals surface area contributed by atoms with Crippen molar-refractivity contribution in [3.05, 3.63) is 24.3 Å². The number of anilines is 1. The largest absolute Gasteiger partial charge is 0.573 e. The molecule has 0 unspecified atom stereocenters. The summed E-state index contributed by atoms with van der Waals surface area (Å²) in [7, 11) is 0. The van der Waals surface area contributed by atoms with Gasteiger partial charge in [0.2, 0.25) is 0 Å². The molecule has 6 nitrogen and oxygen atoms in total. The zero-order valence-electron chi connectivity index (χ0n) is 13.5. The molecular formula is C16H20F3N3O3. The Hall–Kier alpha value is -2.29. The number of rotatable bonds is 6. The molecule has 9 heteroatoms. The number of carbonyl (C=O) groups is 2. The predicted molar refractivity (Wildman–Crippen MR) is 85.4 cm³/mol. The van der Waals surface area contributed by atoms with Gasteiger partial charge in [0.15, 0.2) is 0 Å². The second-order valence-corrected chi connectivity index (χ2v) is 5.74. The molecule has 1 saturated heterocycles. The van der Waals surface area contributed by atoms with Gasteiger partial charge in [0.05, 0.1) is 0 Å². The van der Waals surface area contributed by atoms with Crippen LogP contribution in [-0.2, 0) is 4.79 Å². The highest BCUT2D eigenvalue weighted by Crippen LogP contribution is 2.24. The normalized spacial score (nSPS) is 16.3. The second-order valence-electron chi connectivity index (χ2n) is 5.74. The van der Waals surface area contributed by atoms with Gasteiger partial charge in [-0.25, -0.2) is 4.79 Å². The van der Waals surface area contributed by atoms with Gasteiger partial charge in [-0.3, -0.25) is 0 Å². The van der Waals surface area contributed by atoms with Crippen molar-refractivity contribution < 1.29 is 27.5 Å². The lowest BCUT2D eigenvalue weighted by molar-refractivity contribution is -0.274. The number of amides is 2. The number of hydrogen-bond acceptors (Lipinski definition) is 4. The number of nitrogens with one attached hydrogen (secondary N) is 2.